The molecule has 0 bridgehead atoms. The molecule has 1 atom stereocenters. The molecule has 1 N–H and O–H groups in total. The summed E-state index contributed by atoms with van der Waals surface area (Å²) in [6.07, 6.45) is 3.02. The van der Waals surface area contributed by atoms with E-state index in [4.69, 9.17) is 0 Å². The lowest BCUT2D eigenvalue weighted by Crippen LogP contribution is -1.99. The minimum atomic E-state index is -0.596. The highest BCUT2D eigenvalue weighted by atomic mass is 32.1. The summed E-state index contributed by atoms with van der Waals surface area (Å²) in [7, 11) is 0. The molecule has 0 radical (unpaired) electrons. The maximum Gasteiger partial charge on any atom is 0.109 e. The van der Waals surface area contributed by atoms with Gasteiger partial charge in [-0.05, 0) is 36.1 Å². The molecule has 3 nitrogen and oxygen atoms in total. The molecule has 3 rings (SSSR count). The zero-order valence-corrected chi connectivity index (χ0v) is 10.2. The summed E-state index contributed by atoms with van der Waals surface area (Å²) in [5.74, 6) is 0. The van der Waals surface area contributed by atoms with Crippen molar-refractivity contribution in [2.24, 2.45) is 0 Å². The van der Waals surface area contributed by atoms with Gasteiger partial charge in [-0.1, -0.05) is 6.07 Å². The van der Waals surface area contributed by atoms with Gasteiger partial charge in [-0.3, -0.25) is 0 Å². The number of nitrogens with zero attached hydrogens (tertiary/aromatic N) is 2. The molecule has 3 aromatic heterocycles. The van der Waals surface area contributed by atoms with Crippen molar-refractivity contribution in [2.45, 2.75) is 13.0 Å². The molecule has 4 heteroatoms. The zero-order chi connectivity index (χ0) is 11.8. The number of rotatable bonds is 2. The van der Waals surface area contributed by atoms with Crippen LogP contribution in [0.5, 0.6) is 0 Å². The summed E-state index contributed by atoms with van der Waals surface area (Å²) in [6, 6.07) is 7.81. The first-order chi connectivity index (χ1) is 8.27. The van der Waals surface area contributed by atoms with Crippen molar-refractivity contribution in [1.82, 2.24) is 9.61 Å². The van der Waals surface area contributed by atoms with Gasteiger partial charge in [0.1, 0.15) is 6.10 Å². The fourth-order valence-corrected chi connectivity index (χ4v) is 2.75. The van der Waals surface area contributed by atoms with Crippen molar-refractivity contribution in [3.8, 4) is 0 Å². The van der Waals surface area contributed by atoms with Gasteiger partial charge in [0.05, 0.1) is 11.7 Å². The van der Waals surface area contributed by atoms with E-state index in [2.05, 4.69) is 5.10 Å². The first-order valence-corrected chi connectivity index (χ1v) is 6.29. The number of aliphatic hydroxyl groups excluding tert-OH is 1. The third-order valence-corrected chi connectivity index (χ3v) is 3.81. The van der Waals surface area contributed by atoms with Crippen LogP contribution >= 0.6 is 11.3 Å². The van der Waals surface area contributed by atoms with Crippen LogP contribution in [0.2, 0.25) is 0 Å². The number of hydrogen-bond acceptors (Lipinski definition) is 3. The molecule has 0 amide bonds. The average Bonchev–Trinajstić information content (AvgIpc) is 2.94. The second-order valence-electron chi connectivity index (χ2n) is 3.97. The monoisotopic (exact) mass is 244 g/mol. The minimum Gasteiger partial charge on any atom is -0.383 e. The number of thiophene rings is 1. The van der Waals surface area contributed by atoms with E-state index in [-0.39, 0.29) is 0 Å². The average molecular weight is 244 g/mol. The molecule has 3 aromatic rings. The molecule has 1 unspecified atom stereocenters. The number of aryl methyl sites for hydroxylation is 1. The number of pyridine rings is 1. The summed E-state index contributed by atoms with van der Waals surface area (Å²) in [5, 5.41) is 16.6. The quantitative estimate of drug-likeness (QED) is 0.752. The number of aliphatic hydroxyl groups is 1. The third kappa shape index (κ3) is 1.66. The van der Waals surface area contributed by atoms with Gasteiger partial charge in [0.2, 0.25) is 0 Å². The molecule has 3 heterocycles. The first-order valence-electron chi connectivity index (χ1n) is 5.41. The number of fused-ring (bicyclic) bond motifs is 1. The summed E-state index contributed by atoms with van der Waals surface area (Å²) in [4.78, 5) is 1.15. The predicted octanol–water partition coefficient (Wildman–Crippen LogP) is 2.79. The lowest BCUT2D eigenvalue weighted by molar-refractivity contribution is 0.221. The van der Waals surface area contributed by atoms with Gasteiger partial charge >= 0.3 is 0 Å². The Morgan fingerprint density at radius 2 is 2.18 bits per heavy atom. The summed E-state index contributed by atoms with van der Waals surface area (Å²) in [6.45, 7) is 2.02. The molecule has 0 aliphatic carbocycles. The Morgan fingerprint density at radius 1 is 1.29 bits per heavy atom. The topological polar surface area (TPSA) is 37.5 Å². The lowest BCUT2D eigenvalue weighted by atomic mass is 10.0. The molecule has 0 saturated heterocycles. The maximum absolute atomic E-state index is 10.4. The zero-order valence-electron chi connectivity index (χ0n) is 9.37. The van der Waals surface area contributed by atoms with Crippen LogP contribution in [0.25, 0.3) is 5.52 Å². The number of hydrogen-bond donors (Lipinski definition) is 1. The van der Waals surface area contributed by atoms with Crippen molar-refractivity contribution < 1.29 is 5.11 Å². The fraction of sp³-hybridized carbons (Fsp3) is 0.154. The largest absolute Gasteiger partial charge is 0.383 e. The Labute approximate surface area is 103 Å². The van der Waals surface area contributed by atoms with Gasteiger partial charge in [0, 0.05) is 16.6 Å². The lowest BCUT2D eigenvalue weighted by Gasteiger charge is -2.08. The van der Waals surface area contributed by atoms with E-state index in [0.717, 1.165) is 21.5 Å². The normalized spacial score (nSPS) is 13.1. The van der Waals surface area contributed by atoms with Gasteiger partial charge < -0.3 is 5.11 Å². The van der Waals surface area contributed by atoms with Crippen molar-refractivity contribution in [3.63, 3.8) is 0 Å². The summed E-state index contributed by atoms with van der Waals surface area (Å²) < 4.78 is 1.78. The van der Waals surface area contributed by atoms with E-state index in [9.17, 15) is 5.11 Å². The van der Waals surface area contributed by atoms with Crippen LogP contribution in [0.15, 0.2) is 42.0 Å². The summed E-state index contributed by atoms with van der Waals surface area (Å²) >= 11 is 1.65. The van der Waals surface area contributed by atoms with Crippen molar-refractivity contribution in [1.29, 1.82) is 0 Å². The second-order valence-corrected chi connectivity index (χ2v) is 5.09. The molecular formula is C13H12N2OS. The Balaban J connectivity index is 2.13. The molecule has 0 saturated carbocycles. The van der Waals surface area contributed by atoms with Crippen molar-refractivity contribution >= 4 is 16.9 Å². The minimum absolute atomic E-state index is 0.596. The van der Waals surface area contributed by atoms with Crippen molar-refractivity contribution in [3.05, 3.63) is 58.0 Å². The Hall–Kier alpha value is -1.65. The van der Waals surface area contributed by atoms with Crippen LogP contribution in [0.1, 0.15) is 22.1 Å². The highest BCUT2D eigenvalue weighted by Gasteiger charge is 2.17. The SMILES string of the molecule is Cc1sccc1C(O)c1cnn2ccccc12. The van der Waals surface area contributed by atoms with E-state index >= 15 is 0 Å². The summed E-state index contributed by atoms with van der Waals surface area (Å²) in [5.41, 5.74) is 2.77. The van der Waals surface area contributed by atoms with Gasteiger partial charge in [-0.2, -0.15) is 5.10 Å². The Bertz CT molecular complexity index is 656. The third-order valence-electron chi connectivity index (χ3n) is 2.94. The molecule has 86 valence electrons. The van der Waals surface area contributed by atoms with E-state index in [1.807, 2.05) is 42.8 Å². The highest BCUT2D eigenvalue weighted by Crippen LogP contribution is 2.30. The van der Waals surface area contributed by atoms with Gasteiger partial charge in [0.15, 0.2) is 0 Å². The van der Waals surface area contributed by atoms with E-state index in [1.165, 1.54) is 0 Å². The van der Waals surface area contributed by atoms with Gasteiger partial charge in [0.25, 0.3) is 0 Å². The standard InChI is InChI=1S/C13H12N2OS/c1-9-10(5-7-17-9)13(16)11-8-14-15-6-3-2-4-12(11)15/h2-8,13,16H,1H3. The van der Waals surface area contributed by atoms with Crippen LogP contribution in [0.4, 0.5) is 0 Å². The van der Waals surface area contributed by atoms with Gasteiger partial charge in [-0.25, -0.2) is 4.52 Å². The Kier molecular flexibility index (Phi) is 2.46. The van der Waals surface area contributed by atoms with Crippen LogP contribution in [0, 0.1) is 6.92 Å². The van der Waals surface area contributed by atoms with E-state index in [1.54, 1.807) is 22.0 Å². The Morgan fingerprint density at radius 3 is 2.94 bits per heavy atom. The molecule has 17 heavy (non-hydrogen) atoms. The molecule has 0 fully saturated rings. The maximum atomic E-state index is 10.4. The van der Waals surface area contributed by atoms with Crippen molar-refractivity contribution in [2.75, 3.05) is 0 Å². The molecule has 0 aliphatic heterocycles. The van der Waals surface area contributed by atoms with Crippen LogP contribution in [-0.4, -0.2) is 14.7 Å². The predicted molar refractivity (Wildman–Crippen MR) is 68.3 cm³/mol. The van der Waals surface area contributed by atoms with E-state index < -0.39 is 6.10 Å². The number of aromatic nitrogens is 2. The van der Waals surface area contributed by atoms with E-state index in [0.29, 0.717) is 0 Å². The highest BCUT2D eigenvalue weighted by molar-refractivity contribution is 7.10. The van der Waals surface area contributed by atoms with Crippen LogP contribution in [-0.2, 0) is 0 Å². The molecule has 0 aromatic carbocycles. The van der Waals surface area contributed by atoms with Crippen LogP contribution < -0.4 is 0 Å². The smallest absolute Gasteiger partial charge is 0.109 e. The fourth-order valence-electron chi connectivity index (χ4n) is 2.01. The van der Waals surface area contributed by atoms with Crippen LogP contribution in [0.3, 0.4) is 0 Å². The first kappa shape index (κ1) is 10.5. The molecule has 0 aliphatic rings. The molecular weight excluding hydrogens is 232 g/mol. The van der Waals surface area contributed by atoms with Gasteiger partial charge in [-0.15, -0.1) is 11.3 Å². The molecule has 0 spiro atoms. The second kappa shape index (κ2) is 3.98.